The highest BCUT2D eigenvalue weighted by atomic mass is 127. The van der Waals surface area contributed by atoms with E-state index in [1.165, 1.54) is 0 Å². The maximum Gasteiger partial charge on any atom is 0.309 e. The predicted molar refractivity (Wildman–Crippen MR) is 96.6 cm³/mol. The minimum Gasteiger partial charge on any atom is -0.466 e. The molecule has 0 saturated carbocycles. The number of carbonyl (C=O) groups excluding carboxylic acids is 1. The minimum absolute atomic E-state index is 0. The van der Waals surface area contributed by atoms with Crippen LogP contribution < -0.4 is 5.32 Å². The summed E-state index contributed by atoms with van der Waals surface area (Å²) in [6, 6.07) is 0. The normalized spacial score (nSPS) is 21.6. The number of likely N-dealkylation sites (tertiary alicyclic amines) is 1. The Morgan fingerprint density at radius 1 is 1.41 bits per heavy atom. The van der Waals surface area contributed by atoms with Gasteiger partial charge in [0.15, 0.2) is 5.96 Å². The van der Waals surface area contributed by atoms with Crippen LogP contribution in [0, 0.1) is 11.3 Å². The standard InChI is InChI=1S/C15H27N3O3.HI/c1-4-21-13(19)12-5-7-18(8-6-12)14(16-3)17-9-15(2)10-20-11-15;/h12H,4-11H2,1-3H3,(H,16,17);1H. The third kappa shape index (κ3) is 4.97. The molecule has 0 amide bonds. The Morgan fingerprint density at radius 2 is 2.05 bits per heavy atom. The number of hydrogen-bond donors (Lipinski definition) is 1. The molecule has 7 heteroatoms. The van der Waals surface area contributed by atoms with E-state index in [0.29, 0.717) is 6.61 Å². The number of carbonyl (C=O) groups is 1. The van der Waals surface area contributed by atoms with Gasteiger partial charge in [-0.2, -0.15) is 0 Å². The van der Waals surface area contributed by atoms with E-state index in [4.69, 9.17) is 9.47 Å². The Labute approximate surface area is 150 Å². The molecule has 0 aliphatic carbocycles. The maximum atomic E-state index is 11.7. The van der Waals surface area contributed by atoms with Gasteiger partial charge in [-0.3, -0.25) is 9.79 Å². The summed E-state index contributed by atoms with van der Waals surface area (Å²) in [4.78, 5) is 18.3. The van der Waals surface area contributed by atoms with E-state index < -0.39 is 0 Å². The van der Waals surface area contributed by atoms with E-state index in [2.05, 4.69) is 22.1 Å². The van der Waals surface area contributed by atoms with Crippen molar-refractivity contribution < 1.29 is 14.3 Å². The van der Waals surface area contributed by atoms with Crippen LogP contribution in [0.2, 0.25) is 0 Å². The molecule has 6 nitrogen and oxygen atoms in total. The lowest BCUT2D eigenvalue weighted by molar-refractivity contribution is -0.149. The molecule has 2 aliphatic heterocycles. The highest BCUT2D eigenvalue weighted by Gasteiger charge is 2.34. The second-order valence-corrected chi connectivity index (χ2v) is 6.22. The number of halogens is 1. The molecule has 1 N–H and O–H groups in total. The van der Waals surface area contributed by atoms with Crippen LogP contribution in [0.1, 0.15) is 26.7 Å². The molecule has 0 atom stereocenters. The van der Waals surface area contributed by atoms with Crippen LogP contribution in [-0.2, 0) is 14.3 Å². The fraction of sp³-hybridized carbons (Fsp3) is 0.867. The van der Waals surface area contributed by atoms with Crippen LogP contribution >= 0.6 is 24.0 Å². The zero-order chi connectivity index (χ0) is 15.3. The Morgan fingerprint density at radius 3 is 2.50 bits per heavy atom. The molecule has 0 aromatic heterocycles. The van der Waals surface area contributed by atoms with E-state index in [1.54, 1.807) is 7.05 Å². The number of aliphatic imine (C=N–C) groups is 1. The summed E-state index contributed by atoms with van der Waals surface area (Å²) >= 11 is 0. The van der Waals surface area contributed by atoms with Crippen LogP contribution in [0.15, 0.2) is 4.99 Å². The Bertz CT molecular complexity index is 391. The van der Waals surface area contributed by atoms with Crippen LogP contribution in [-0.4, -0.2) is 63.3 Å². The van der Waals surface area contributed by atoms with Gasteiger partial charge >= 0.3 is 5.97 Å². The molecule has 2 rings (SSSR count). The van der Waals surface area contributed by atoms with E-state index in [0.717, 1.165) is 51.6 Å². The predicted octanol–water partition coefficient (Wildman–Crippen LogP) is 1.49. The van der Waals surface area contributed by atoms with Crippen molar-refractivity contribution in [2.45, 2.75) is 26.7 Å². The zero-order valence-electron chi connectivity index (χ0n) is 13.8. The van der Waals surface area contributed by atoms with Crippen molar-refractivity contribution in [3.63, 3.8) is 0 Å². The molecule has 22 heavy (non-hydrogen) atoms. The highest BCUT2D eigenvalue weighted by Crippen LogP contribution is 2.25. The number of rotatable bonds is 4. The number of nitrogens with one attached hydrogen (secondary N) is 1. The first-order valence-corrected chi connectivity index (χ1v) is 7.78. The SMILES string of the molecule is CCOC(=O)C1CCN(C(=NC)NCC2(C)COC2)CC1.I. The molecule has 0 aromatic rings. The summed E-state index contributed by atoms with van der Waals surface area (Å²) in [5.41, 5.74) is 0.221. The average molecular weight is 425 g/mol. The van der Waals surface area contributed by atoms with Crippen LogP contribution in [0.3, 0.4) is 0 Å². The first-order chi connectivity index (χ1) is 10.1. The number of piperidine rings is 1. The van der Waals surface area contributed by atoms with Crippen LogP contribution in [0.4, 0.5) is 0 Å². The van der Waals surface area contributed by atoms with Gasteiger partial charge in [0, 0.05) is 32.1 Å². The fourth-order valence-corrected chi connectivity index (χ4v) is 2.76. The van der Waals surface area contributed by atoms with Crippen LogP contribution in [0.25, 0.3) is 0 Å². The van der Waals surface area contributed by atoms with Gasteiger partial charge in [-0.05, 0) is 19.8 Å². The van der Waals surface area contributed by atoms with Gasteiger partial charge in [-0.1, -0.05) is 6.92 Å². The summed E-state index contributed by atoms with van der Waals surface area (Å²) < 4.78 is 10.4. The number of nitrogens with zero attached hydrogens (tertiary/aromatic N) is 2. The first-order valence-electron chi connectivity index (χ1n) is 7.78. The molecule has 128 valence electrons. The smallest absolute Gasteiger partial charge is 0.309 e. The molecular formula is C15H28IN3O3. The van der Waals surface area contributed by atoms with Gasteiger partial charge in [0.05, 0.1) is 25.7 Å². The Hall–Kier alpha value is -0.570. The van der Waals surface area contributed by atoms with Gasteiger partial charge in [0.2, 0.25) is 0 Å². The van der Waals surface area contributed by atoms with Gasteiger partial charge in [0.1, 0.15) is 0 Å². The molecule has 2 heterocycles. The van der Waals surface area contributed by atoms with Crippen molar-refractivity contribution >= 4 is 35.9 Å². The highest BCUT2D eigenvalue weighted by molar-refractivity contribution is 14.0. The van der Waals surface area contributed by atoms with Crippen molar-refractivity contribution in [3.8, 4) is 0 Å². The lowest BCUT2D eigenvalue weighted by Crippen LogP contribution is -2.53. The Balaban J connectivity index is 0.00000242. The van der Waals surface area contributed by atoms with Crippen LogP contribution in [0.5, 0.6) is 0 Å². The molecular weight excluding hydrogens is 397 g/mol. The van der Waals surface area contributed by atoms with E-state index in [1.807, 2.05) is 6.92 Å². The van der Waals surface area contributed by atoms with Crippen molar-refractivity contribution in [1.82, 2.24) is 10.2 Å². The van der Waals surface area contributed by atoms with Gasteiger partial charge in [0.25, 0.3) is 0 Å². The molecule has 0 radical (unpaired) electrons. The van der Waals surface area contributed by atoms with Gasteiger partial charge in [-0.15, -0.1) is 24.0 Å². The summed E-state index contributed by atoms with van der Waals surface area (Å²) in [6.45, 7) is 8.70. The monoisotopic (exact) mass is 425 g/mol. The fourth-order valence-electron chi connectivity index (χ4n) is 2.76. The van der Waals surface area contributed by atoms with Crippen molar-refractivity contribution in [1.29, 1.82) is 0 Å². The lowest BCUT2D eigenvalue weighted by Gasteiger charge is -2.40. The first kappa shape index (κ1) is 19.5. The molecule has 0 spiro atoms. The molecule has 0 aromatic carbocycles. The molecule has 0 bridgehead atoms. The molecule has 2 saturated heterocycles. The number of hydrogen-bond acceptors (Lipinski definition) is 4. The second-order valence-electron chi connectivity index (χ2n) is 6.22. The number of ether oxygens (including phenoxy) is 2. The van der Waals surface area contributed by atoms with Gasteiger partial charge in [-0.25, -0.2) is 0 Å². The van der Waals surface area contributed by atoms with Crippen molar-refractivity contribution in [2.75, 3.05) is 46.5 Å². The topological polar surface area (TPSA) is 63.2 Å². The summed E-state index contributed by atoms with van der Waals surface area (Å²) in [6.07, 6.45) is 1.67. The third-order valence-corrected chi connectivity index (χ3v) is 4.20. The van der Waals surface area contributed by atoms with E-state index >= 15 is 0 Å². The summed E-state index contributed by atoms with van der Waals surface area (Å²) in [5.74, 6) is 0.904. The lowest BCUT2D eigenvalue weighted by atomic mass is 9.89. The Kier molecular flexibility index (Phi) is 7.88. The zero-order valence-corrected chi connectivity index (χ0v) is 16.1. The summed E-state index contributed by atoms with van der Waals surface area (Å²) in [7, 11) is 1.80. The van der Waals surface area contributed by atoms with E-state index in [-0.39, 0.29) is 41.3 Å². The molecule has 2 fully saturated rings. The largest absolute Gasteiger partial charge is 0.466 e. The number of esters is 1. The van der Waals surface area contributed by atoms with E-state index in [9.17, 15) is 4.79 Å². The molecule has 2 aliphatic rings. The minimum atomic E-state index is -0.0563. The number of guanidine groups is 1. The average Bonchev–Trinajstić information content (AvgIpc) is 2.47. The second kappa shape index (κ2) is 8.90. The van der Waals surface area contributed by atoms with Crippen molar-refractivity contribution in [2.24, 2.45) is 16.3 Å². The quantitative estimate of drug-likeness (QED) is 0.320. The van der Waals surface area contributed by atoms with Crippen molar-refractivity contribution in [3.05, 3.63) is 0 Å². The third-order valence-electron chi connectivity index (χ3n) is 4.20. The maximum absolute atomic E-state index is 11.7. The molecule has 0 unspecified atom stereocenters. The van der Waals surface area contributed by atoms with Gasteiger partial charge < -0.3 is 19.7 Å². The summed E-state index contributed by atoms with van der Waals surface area (Å²) in [5, 5.41) is 3.43.